The van der Waals surface area contributed by atoms with Gasteiger partial charge in [-0.15, -0.1) is 0 Å². The van der Waals surface area contributed by atoms with E-state index in [1.54, 1.807) is 0 Å². The molecule has 0 aromatic heterocycles. The third-order valence-corrected chi connectivity index (χ3v) is 1.61. The molecule has 0 aliphatic rings. The first-order valence-electron chi connectivity index (χ1n) is 3.91. The zero-order valence-electron chi connectivity index (χ0n) is 7.93. The van der Waals surface area contributed by atoms with E-state index in [2.05, 4.69) is 30.6 Å². The summed E-state index contributed by atoms with van der Waals surface area (Å²) >= 11 is 7.53. The van der Waals surface area contributed by atoms with Crippen LogP contribution in [-0.2, 0) is 9.59 Å². The Kier molecular flexibility index (Phi) is 12.2. The molecule has 1 amide bonds. The lowest BCUT2D eigenvalue weighted by Gasteiger charge is -2.08. The van der Waals surface area contributed by atoms with Crippen molar-refractivity contribution in [2.75, 3.05) is 18.1 Å². The van der Waals surface area contributed by atoms with Crippen LogP contribution in [0, 0.1) is 0 Å². The van der Waals surface area contributed by atoms with Crippen molar-refractivity contribution in [3.63, 3.8) is 0 Å². The Morgan fingerprint density at radius 1 is 1.50 bits per heavy atom. The van der Waals surface area contributed by atoms with E-state index in [0.717, 1.165) is 5.75 Å². The van der Waals surface area contributed by atoms with E-state index < -0.39 is 12.0 Å². The summed E-state index contributed by atoms with van der Waals surface area (Å²) in [6, 6.07) is -0.874. The van der Waals surface area contributed by atoms with Gasteiger partial charge in [0, 0.05) is 25.0 Å². The summed E-state index contributed by atoms with van der Waals surface area (Å²) in [6.45, 7) is 1.95. The van der Waals surface area contributed by atoms with Crippen molar-refractivity contribution in [3.8, 4) is 0 Å². The Morgan fingerprint density at radius 2 is 1.93 bits per heavy atom. The van der Waals surface area contributed by atoms with Crippen LogP contribution in [0.15, 0.2) is 0 Å². The van der Waals surface area contributed by atoms with E-state index in [4.69, 9.17) is 10.8 Å². The van der Waals surface area contributed by atoms with E-state index in [-0.39, 0.29) is 11.7 Å². The van der Waals surface area contributed by atoms with Crippen molar-refractivity contribution < 1.29 is 14.7 Å². The summed E-state index contributed by atoms with van der Waals surface area (Å²) in [6.07, 6.45) is 0. The van der Waals surface area contributed by atoms with Gasteiger partial charge >= 0.3 is 5.97 Å². The Bertz CT molecular complexity index is 176. The number of carboxylic acid groups (broad SMARTS) is 1. The van der Waals surface area contributed by atoms with Gasteiger partial charge in [-0.25, -0.2) is 4.79 Å². The Labute approximate surface area is 94.3 Å². The summed E-state index contributed by atoms with van der Waals surface area (Å²) in [5, 5.41) is 10.6. The molecule has 0 spiro atoms. The van der Waals surface area contributed by atoms with Gasteiger partial charge in [0.1, 0.15) is 6.04 Å². The summed E-state index contributed by atoms with van der Waals surface area (Å²) in [5.41, 5.74) is 4.95. The van der Waals surface area contributed by atoms with Crippen molar-refractivity contribution in [2.45, 2.75) is 13.0 Å². The minimum absolute atomic E-state index is 0.106. The molecular formula is C7H16N2O3S2. The molecule has 0 saturated carbocycles. The molecule has 7 heteroatoms. The summed E-state index contributed by atoms with van der Waals surface area (Å²) in [7, 11) is 0. The minimum Gasteiger partial charge on any atom is -0.480 e. The number of thiol groups is 2. The lowest BCUT2D eigenvalue weighted by molar-refractivity contribution is -0.140. The highest BCUT2D eigenvalue weighted by Crippen LogP contribution is 1.86. The second-order valence-electron chi connectivity index (χ2n) is 2.29. The highest BCUT2D eigenvalue weighted by atomic mass is 32.1. The molecule has 0 saturated heterocycles. The second-order valence-corrected chi connectivity index (χ2v) is 3.10. The average Bonchev–Trinajstić information content (AvgIpc) is 2.14. The van der Waals surface area contributed by atoms with Crippen LogP contribution in [-0.4, -0.2) is 41.1 Å². The molecule has 14 heavy (non-hydrogen) atoms. The number of rotatable bonds is 4. The summed E-state index contributed by atoms with van der Waals surface area (Å²) < 4.78 is 0. The molecule has 0 fully saturated rings. The zero-order valence-corrected chi connectivity index (χ0v) is 9.72. The molecule has 0 aromatic carbocycles. The van der Waals surface area contributed by atoms with Gasteiger partial charge in [-0.1, -0.05) is 0 Å². The molecule has 84 valence electrons. The number of amides is 1. The van der Waals surface area contributed by atoms with Gasteiger partial charge in [0.25, 0.3) is 0 Å². The van der Waals surface area contributed by atoms with Crippen molar-refractivity contribution in [1.29, 1.82) is 0 Å². The minimum atomic E-state index is -1.06. The third kappa shape index (κ3) is 11.6. The Balaban J connectivity index is 0. The first kappa shape index (κ1) is 16.0. The van der Waals surface area contributed by atoms with Gasteiger partial charge in [0.05, 0.1) is 0 Å². The fraction of sp³-hybridized carbons (Fsp3) is 0.714. The number of aliphatic carboxylic acids is 1. The highest BCUT2D eigenvalue weighted by molar-refractivity contribution is 7.80. The molecule has 0 rings (SSSR count). The second kappa shape index (κ2) is 10.7. The maximum absolute atomic E-state index is 10.3. The first-order valence-corrected chi connectivity index (χ1v) is 5.17. The lowest BCUT2D eigenvalue weighted by atomic mass is 10.3. The monoisotopic (exact) mass is 240 g/mol. The van der Waals surface area contributed by atoms with Gasteiger partial charge in [0.15, 0.2) is 0 Å². The average molecular weight is 240 g/mol. The van der Waals surface area contributed by atoms with Crippen LogP contribution in [0.3, 0.4) is 0 Å². The largest absolute Gasteiger partial charge is 0.480 e. The van der Waals surface area contributed by atoms with E-state index in [0.29, 0.717) is 6.54 Å². The quantitative estimate of drug-likeness (QED) is 0.424. The van der Waals surface area contributed by atoms with Crippen molar-refractivity contribution >= 4 is 37.1 Å². The van der Waals surface area contributed by atoms with Crippen LogP contribution in [0.25, 0.3) is 0 Å². The molecule has 0 unspecified atom stereocenters. The predicted molar refractivity (Wildman–Crippen MR) is 62.0 cm³/mol. The Morgan fingerprint density at radius 3 is 2.00 bits per heavy atom. The van der Waals surface area contributed by atoms with Crippen molar-refractivity contribution in [2.24, 2.45) is 5.73 Å². The van der Waals surface area contributed by atoms with Crippen LogP contribution in [0.2, 0.25) is 0 Å². The highest BCUT2D eigenvalue weighted by Gasteiger charge is 2.15. The van der Waals surface area contributed by atoms with Gasteiger partial charge in [0.2, 0.25) is 5.91 Å². The fourth-order valence-corrected chi connectivity index (χ4v) is 0.678. The van der Waals surface area contributed by atoms with Gasteiger partial charge in [-0.2, -0.15) is 25.3 Å². The van der Waals surface area contributed by atoms with Gasteiger partial charge in [-0.3, -0.25) is 4.79 Å². The van der Waals surface area contributed by atoms with Crippen LogP contribution in [0.4, 0.5) is 0 Å². The molecular weight excluding hydrogens is 224 g/mol. The first-order chi connectivity index (χ1) is 6.49. The predicted octanol–water partition coefficient (Wildman–Crippen LogP) is -0.620. The van der Waals surface area contributed by atoms with E-state index in [9.17, 15) is 9.59 Å². The standard InChI is InChI=1S/C5H9NO3S.C2H7NS/c1-3(7)6-4(2-10)5(8)9;3-1-2-4/h4,10H,2H2,1H3,(H,6,7)(H,8,9);4H,1-3H2/t4-;/m0./s1. The van der Waals surface area contributed by atoms with E-state index >= 15 is 0 Å². The molecule has 1 atom stereocenters. The SMILES string of the molecule is CC(=O)N[C@@H](CS)C(=O)O.NCCS. The molecule has 5 nitrogen and oxygen atoms in total. The smallest absolute Gasteiger partial charge is 0.327 e. The third-order valence-electron chi connectivity index (χ3n) is 0.987. The van der Waals surface area contributed by atoms with E-state index in [1.165, 1.54) is 6.92 Å². The zero-order chi connectivity index (χ0) is 11.6. The number of hydrogen-bond acceptors (Lipinski definition) is 5. The summed E-state index contributed by atoms with van der Waals surface area (Å²) in [5.74, 6) is -0.527. The van der Waals surface area contributed by atoms with E-state index in [1.807, 2.05) is 0 Å². The maximum atomic E-state index is 10.3. The number of carbonyl (C=O) groups excluding carboxylic acids is 1. The number of nitrogens with one attached hydrogen (secondary N) is 1. The van der Waals surface area contributed by atoms with Crippen LogP contribution >= 0.6 is 25.3 Å². The van der Waals surface area contributed by atoms with Crippen LogP contribution < -0.4 is 11.1 Å². The van der Waals surface area contributed by atoms with Crippen LogP contribution in [0.5, 0.6) is 0 Å². The fourth-order valence-electron chi connectivity index (χ4n) is 0.431. The molecule has 0 radical (unpaired) electrons. The normalized spacial score (nSPS) is 10.9. The topological polar surface area (TPSA) is 92.4 Å². The number of nitrogens with two attached hydrogens (primary N) is 1. The van der Waals surface area contributed by atoms with Crippen LogP contribution in [0.1, 0.15) is 6.92 Å². The van der Waals surface area contributed by atoms with Gasteiger partial charge in [-0.05, 0) is 0 Å². The lowest BCUT2D eigenvalue weighted by Crippen LogP contribution is -2.40. The molecule has 0 heterocycles. The Hall–Kier alpha value is -0.400. The molecule has 0 aromatic rings. The molecule has 0 aliphatic carbocycles. The number of carbonyl (C=O) groups is 2. The molecule has 0 bridgehead atoms. The number of hydrogen-bond donors (Lipinski definition) is 5. The number of carboxylic acids is 1. The maximum Gasteiger partial charge on any atom is 0.327 e. The van der Waals surface area contributed by atoms with Crippen molar-refractivity contribution in [3.05, 3.63) is 0 Å². The summed E-state index contributed by atoms with van der Waals surface area (Å²) in [4.78, 5) is 20.5. The molecule has 4 N–H and O–H groups in total. The molecule has 0 aliphatic heterocycles. The van der Waals surface area contributed by atoms with Crippen molar-refractivity contribution in [1.82, 2.24) is 5.32 Å². The van der Waals surface area contributed by atoms with Gasteiger partial charge < -0.3 is 16.2 Å².